The lowest BCUT2D eigenvalue weighted by Gasteiger charge is -2.18. The van der Waals surface area contributed by atoms with Crippen LogP contribution in [0.5, 0.6) is 0 Å². The monoisotopic (exact) mass is 358 g/mol. The second kappa shape index (κ2) is 6.02. The fourth-order valence-electron chi connectivity index (χ4n) is 2.46. The molecule has 3 nitrogen and oxygen atoms in total. The van der Waals surface area contributed by atoms with Crippen molar-refractivity contribution in [2.75, 3.05) is 26.7 Å². The average molecular weight is 358 g/mol. The molecule has 2 rings (SSSR count). The Balaban J connectivity index is 2.11. The predicted octanol–water partition coefficient (Wildman–Crippen LogP) is 2.28. The first-order chi connectivity index (χ1) is 8.63. The Labute approximate surface area is 122 Å². The van der Waals surface area contributed by atoms with Gasteiger partial charge in [-0.25, -0.2) is 0 Å². The molecular formula is C14H19IN2O. The minimum atomic E-state index is 0.182. The van der Waals surface area contributed by atoms with Gasteiger partial charge in [0.2, 0.25) is 0 Å². The Bertz CT molecular complexity index is 447. The molecule has 0 bridgehead atoms. The maximum atomic E-state index is 12.5. The molecule has 0 radical (unpaired) electrons. The first kappa shape index (κ1) is 13.8. The highest BCUT2D eigenvalue weighted by atomic mass is 127. The van der Waals surface area contributed by atoms with E-state index in [1.807, 2.05) is 37.1 Å². The fraction of sp³-hybridized carbons (Fsp3) is 0.500. The smallest absolute Gasteiger partial charge is 0.254 e. The molecule has 1 atom stereocenters. The lowest BCUT2D eigenvalue weighted by Crippen LogP contribution is -2.31. The van der Waals surface area contributed by atoms with Gasteiger partial charge in [-0.2, -0.15) is 0 Å². The van der Waals surface area contributed by atoms with Crippen molar-refractivity contribution in [1.82, 2.24) is 10.2 Å². The zero-order chi connectivity index (χ0) is 13.1. The summed E-state index contributed by atoms with van der Waals surface area (Å²) in [6.45, 7) is 4.81. The summed E-state index contributed by atoms with van der Waals surface area (Å²) in [5.41, 5.74) is 2.02. The van der Waals surface area contributed by atoms with Crippen molar-refractivity contribution in [1.29, 1.82) is 0 Å². The number of likely N-dealkylation sites (tertiary alicyclic amines) is 1. The van der Waals surface area contributed by atoms with Crippen molar-refractivity contribution in [2.24, 2.45) is 5.92 Å². The maximum Gasteiger partial charge on any atom is 0.254 e. The highest BCUT2D eigenvalue weighted by Crippen LogP contribution is 2.22. The third kappa shape index (κ3) is 2.85. The number of amides is 1. The lowest BCUT2D eigenvalue weighted by molar-refractivity contribution is 0.0786. The van der Waals surface area contributed by atoms with Gasteiger partial charge in [-0.3, -0.25) is 4.79 Å². The third-order valence-corrected chi connectivity index (χ3v) is 4.92. The van der Waals surface area contributed by atoms with Crippen molar-refractivity contribution in [3.63, 3.8) is 0 Å². The van der Waals surface area contributed by atoms with Crippen LogP contribution in [0, 0.1) is 16.4 Å². The molecule has 1 aliphatic heterocycles. The van der Waals surface area contributed by atoms with Crippen LogP contribution in [0.1, 0.15) is 22.3 Å². The summed E-state index contributed by atoms with van der Waals surface area (Å²) in [6, 6.07) is 5.95. The zero-order valence-electron chi connectivity index (χ0n) is 10.9. The number of carbonyl (C=O) groups excluding carboxylic acids is 1. The van der Waals surface area contributed by atoms with Gasteiger partial charge in [0.1, 0.15) is 0 Å². The Morgan fingerprint density at radius 1 is 1.56 bits per heavy atom. The van der Waals surface area contributed by atoms with Gasteiger partial charge in [-0.1, -0.05) is 12.1 Å². The number of nitrogens with zero attached hydrogens (tertiary/aromatic N) is 1. The molecule has 1 aromatic carbocycles. The summed E-state index contributed by atoms with van der Waals surface area (Å²) in [6.07, 6.45) is 1.11. The quantitative estimate of drug-likeness (QED) is 0.841. The summed E-state index contributed by atoms with van der Waals surface area (Å²) >= 11 is 2.27. The number of halogens is 1. The highest BCUT2D eigenvalue weighted by Gasteiger charge is 2.27. The fourth-order valence-corrected chi connectivity index (χ4v) is 3.05. The molecule has 1 aromatic rings. The molecule has 0 aromatic heterocycles. The van der Waals surface area contributed by atoms with Gasteiger partial charge >= 0.3 is 0 Å². The normalized spacial score (nSPS) is 19.3. The van der Waals surface area contributed by atoms with Crippen LogP contribution in [0.3, 0.4) is 0 Å². The van der Waals surface area contributed by atoms with Gasteiger partial charge in [0, 0.05) is 16.7 Å². The molecule has 1 saturated heterocycles. The second-order valence-electron chi connectivity index (χ2n) is 4.90. The molecule has 0 spiro atoms. The summed E-state index contributed by atoms with van der Waals surface area (Å²) in [5.74, 6) is 0.781. The largest absolute Gasteiger partial charge is 0.338 e. The number of rotatable bonds is 3. The molecule has 1 aliphatic rings. The van der Waals surface area contributed by atoms with Crippen molar-refractivity contribution in [3.05, 3.63) is 32.9 Å². The molecule has 18 heavy (non-hydrogen) atoms. The van der Waals surface area contributed by atoms with Gasteiger partial charge in [0.25, 0.3) is 5.91 Å². The van der Waals surface area contributed by atoms with Crippen molar-refractivity contribution >= 4 is 28.5 Å². The summed E-state index contributed by atoms with van der Waals surface area (Å²) in [4.78, 5) is 14.5. The Kier molecular flexibility index (Phi) is 4.61. The standard InChI is InChI=1S/C14H19IN2O/c1-10-4-3-5-12(13(10)15)14(18)17-7-6-11(9-17)8-16-2/h3-5,11,16H,6-9H2,1-2H3. The molecule has 0 aliphatic carbocycles. The van der Waals surface area contributed by atoms with Crippen molar-refractivity contribution in [3.8, 4) is 0 Å². The minimum absolute atomic E-state index is 0.182. The molecule has 4 heteroatoms. The van der Waals surface area contributed by atoms with Gasteiger partial charge in [0.05, 0.1) is 5.56 Å². The second-order valence-corrected chi connectivity index (χ2v) is 5.98. The van der Waals surface area contributed by atoms with Crippen LogP contribution in [0.25, 0.3) is 0 Å². The maximum absolute atomic E-state index is 12.5. The van der Waals surface area contributed by atoms with Crippen LogP contribution >= 0.6 is 22.6 Å². The third-order valence-electron chi connectivity index (χ3n) is 3.49. The van der Waals surface area contributed by atoms with Gasteiger partial charge in [0.15, 0.2) is 0 Å². The van der Waals surface area contributed by atoms with Crippen molar-refractivity contribution in [2.45, 2.75) is 13.3 Å². The van der Waals surface area contributed by atoms with Gasteiger partial charge in [-0.05, 0) is 67.1 Å². The molecule has 0 saturated carbocycles. The molecular weight excluding hydrogens is 339 g/mol. The van der Waals surface area contributed by atoms with E-state index in [4.69, 9.17) is 0 Å². The summed E-state index contributed by atoms with van der Waals surface area (Å²) < 4.78 is 1.08. The van der Waals surface area contributed by atoms with E-state index in [0.29, 0.717) is 5.92 Å². The number of aryl methyl sites for hydroxylation is 1. The van der Waals surface area contributed by atoms with Crippen LogP contribution in [0.4, 0.5) is 0 Å². The summed E-state index contributed by atoms with van der Waals surface area (Å²) in [7, 11) is 1.97. The SMILES string of the molecule is CNCC1CCN(C(=O)c2cccc(C)c2I)C1. The van der Waals surface area contributed by atoms with Crippen LogP contribution in [-0.4, -0.2) is 37.5 Å². The van der Waals surface area contributed by atoms with Crippen LogP contribution < -0.4 is 5.32 Å². The Hall–Kier alpha value is -0.620. The van der Waals surface area contributed by atoms with Gasteiger partial charge in [-0.15, -0.1) is 0 Å². The Morgan fingerprint density at radius 3 is 3.06 bits per heavy atom. The van der Waals surface area contributed by atoms with Crippen LogP contribution in [-0.2, 0) is 0 Å². The molecule has 1 fully saturated rings. The Morgan fingerprint density at radius 2 is 2.33 bits per heavy atom. The highest BCUT2D eigenvalue weighted by molar-refractivity contribution is 14.1. The van der Waals surface area contributed by atoms with E-state index >= 15 is 0 Å². The van der Waals surface area contributed by atoms with Crippen molar-refractivity contribution < 1.29 is 4.79 Å². The predicted molar refractivity (Wildman–Crippen MR) is 81.8 cm³/mol. The van der Waals surface area contributed by atoms with Crippen LogP contribution in [0.2, 0.25) is 0 Å². The van der Waals surface area contributed by atoms with E-state index in [9.17, 15) is 4.79 Å². The zero-order valence-corrected chi connectivity index (χ0v) is 13.0. The first-order valence-electron chi connectivity index (χ1n) is 6.32. The molecule has 1 heterocycles. The number of benzene rings is 1. The minimum Gasteiger partial charge on any atom is -0.338 e. The number of hydrogen-bond acceptors (Lipinski definition) is 2. The molecule has 1 unspecified atom stereocenters. The number of hydrogen-bond donors (Lipinski definition) is 1. The van der Waals surface area contributed by atoms with E-state index in [1.165, 1.54) is 5.56 Å². The van der Waals surface area contributed by atoms with E-state index in [1.54, 1.807) is 0 Å². The number of nitrogens with one attached hydrogen (secondary N) is 1. The topological polar surface area (TPSA) is 32.3 Å². The van der Waals surface area contributed by atoms with E-state index in [-0.39, 0.29) is 5.91 Å². The van der Waals surface area contributed by atoms with E-state index in [0.717, 1.165) is 35.2 Å². The molecule has 1 N–H and O–H groups in total. The van der Waals surface area contributed by atoms with E-state index in [2.05, 4.69) is 27.9 Å². The average Bonchev–Trinajstić information content (AvgIpc) is 2.81. The molecule has 1 amide bonds. The molecule has 98 valence electrons. The first-order valence-corrected chi connectivity index (χ1v) is 7.40. The summed E-state index contributed by atoms with van der Waals surface area (Å²) in [5, 5.41) is 3.19. The number of carbonyl (C=O) groups is 1. The van der Waals surface area contributed by atoms with E-state index < -0.39 is 0 Å². The lowest BCUT2D eigenvalue weighted by atomic mass is 10.1. The van der Waals surface area contributed by atoms with Gasteiger partial charge < -0.3 is 10.2 Å². The van der Waals surface area contributed by atoms with Crippen LogP contribution in [0.15, 0.2) is 18.2 Å².